The summed E-state index contributed by atoms with van der Waals surface area (Å²) in [6.45, 7) is 5.07. The van der Waals surface area contributed by atoms with Crippen molar-refractivity contribution in [2.75, 3.05) is 0 Å². The molecule has 0 fully saturated rings. The highest BCUT2D eigenvalue weighted by atomic mass is 17.2. The Hall–Kier alpha value is -1.26. The van der Waals surface area contributed by atoms with Crippen molar-refractivity contribution in [1.29, 1.82) is 0 Å². The molecule has 0 atom stereocenters. The quantitative estimate of drug-likeness (QED) is 0.193. The minimum Gasteiger partial charge on any atom is -0.290 e. The monoisotopic (exact) mass is 159 g/mol. The van der Waals surface area contributed by atoms with Crippen LogP contribution in [0.4, 0.5) is 4.79 Å². The maximum Gasteiger partial charge on any atom is 0.430 e. The highest BCUT2D eigenvalue weighted by Crippen LogP contribution is 2.07. The molecule has 0 bridgehead atoms. The zero-order chi connectivity index (χ0) is 8.91. The Morgan fingerprint density at radius 2 is 2.09 bits per heavy atom. The van der Waals surface area contributed by atoms with Crippen molar-refractivity contribution in [3.8, 4) is 0 Å². The molecule has 62 valence electrons. The summed E-state index contributed by atoms with van der Waals surface area (Å²) in [7, 11) is 0. The van der Waals surface area contributed by atoms with Gasteiger partial charge in [-0.25, -0.2) is 4.79 Å². The van der Waals surface area contributed by atoms with Gasteiger partial charge in [-0.2, -0.15) is 4.89 Å². The van der Waals surface area contributed by atoms with Gasteiger partial charge in [0.25, 0.3) is 0 Å². The summed E-state index contributed by atoms with van der Waals surface area (Å²) >= 11 is 0. The minimum absolute atomic E-state index is 0.597. The van der Waals surface area contributed by atoms with E-state index in [9.17, 15) is 4.79 Å². The highest BCUT2D eigenvalue weighted by molar-refractivity contribution is 5.67. The minimum atomic E-state index is -1.09. The third-order valence-electron chi connectivity index (χ3n) is 0.489. The first-order chi connectivity index (χ1) is 4.95. The Labute approximate surface area is 63.7 Å². The standard InChI is InChI=1S/C5H9N3O3/c1-5(2,3)11-10-4(9)7-8-6/h1-3H3. The van der Waals surface area contributed by atoms with Gasteiger partial charge in [-0.05, 0) is 26.3 Å². The van der Waals surface area contributed by atoms with Crippen molar-refractivity contribution in [2.24, 2.45) is 5.11 Å². The summed E-state index contributed by atoms with van der Waals surface area (Å²) in [5, 5.41) is 2.62. The second-order valence-electron chi connectivity index (χ2n) is 2.73. The number of carbonyl (C=O) groups excluding carboxylic acids is 1. The first kappa shape index (κ1) is 9.74. The summed E-state index contributed by atoms with van der Waals surface area (Å²) in [5.74, 6) is 0. The maximum atomic E-state index is 10.3. The lowest BCUT2D eigenvalue weighted by atomic mass is 10.2. The molecule has 0 saturated heterocycles. The van der Waals surface area contributed by atoms with E-state index in [1.165, 1.54) is 0 Å². The van der Waals surface area contributed by atoms with Crippen LogP contribution in [0.3, 0.4) is 0 Å². The van der Waals surface area contributed by atoms with Gasteiger partial charge in [0.15, 0.2) is 0 Å². The van der Waals surface area contributed by atoms with Crippen molar-refractivity contribution in [1.82, 2.24) is 0 Å². The zero-order valence-corrected chi connectivity index (χ0v) is 6.57. The van der Waals surface area contributed by atoms with E-state index in [0.29, 0.717) is 0 Å². The average molecular weight is 159 g/mol. The van der Waals surface area contributed by atoms with Crippen LogP contribution in [0.1, 0.15) is 20.8 Å². The normalized spacial score (nSPS) is 10.1. The van der Waals surface area contributed by atoms with E-state index in [-0.39, 0.29) is 0 Å². The van der Waals surface area contributed by atoms with Gasteiger partial charge >= 0.3 is 6.09 Å². The van der Waals surface area contributed by atoms with Crippen molar-refractivity contribution < 1.29 is 14.6 Å². The lowest BCUT2D eigenvalue weighted by molar-refractivity contribution is -0.298. The molecule has 6 nitrogen and oxygen atoms in total. The molecule has 0 saturated carbocycles. The number of carbonyl (C=O) groups is 1. The zero-order valence-electron chi connectivity index (χ0n) is 6.57. The summed E-state index contributed by atoms with van der Waals surface area (Å²) < 4.78 is 0. The number of hydrogen-bond acceptors (Lipinski definition) is 3. The Balaban J connectivity index is 3.72. The van der Waals surface area contributed by atoms with E-state index in [4.69, 9.17) is 5.53 Å². The van der Waals surface area contributed by atoms with Crippen LogP contribution < -0.4 is 0 Å². The number of rotatable bonds is 1. The Bertz CT molecular complexity index is 190. The number of amides is 1. The molecule has 0 spiro atoms. The fourth-order valence-electron chi connectivity index (χ4n) is 0.214. The molecule has 0 aliphatic heterocycles. The van der Waals surface area contributed by atoms with Gasteiger partial charge in [0.2, 0.25) is 0 Å². The molecule has 0 radical (unpaired) electrons. The molecule has 0 unspecified atom stereocenters. The van der Waals surface area contributed by atoms with Gasteiger partial charge < -0.3 is 0 Å². The summed E-state index contributed by atoms with van der Waals surface area (Å²) in [5.41, 5.74) is 7.17. The third-order valence-corrected chi connectivity index (χ3v) is 0.489. The predicted molar refractivity (Wildman–Crippen MR) is 36.5 cm³/mol. The van der Waals surface area contributed by atoms with Gasteiger partial charge in [0.05, 0.1) is 0 Å². The van der Waals surface area contributed by atoms with E-state index < -0.39 is 11.7 Å². The second-order valence-corrected chi connectivity index (χ2v) is 2.73. The van der Waals surface area contributed by atoms with Gasteiger partial charge in [-0.15, -0.1) is 0 Å². The van der Waals surface area contributed by atoms with E-state index in [2.05, 4.69) is 19.8 Å². The molecule has 6 heteroatoms. The van der Waals surface area contributed by atoms with E-state index in [0.717, 1.165) is 0 Å². The van der Waals surface area contributed by atoms with E-state index in [1.54, 1.807) is 20.8 Å². The van der Waals surface area contributed by atoms with Crippen LogP contribution in [0.2, 0.25) is 0 Å². The summed E-state index contributed by atoms with van der Waals surface area (Å²) in [6.07, 6.45) is -1.09. The molecular formula is C5H9N3O3. The van der Waals surface area contributed by atoms with Crippen molar-refractivity contribution in [2.45, 2.75) is 26.4 Å². The number of nitrogens with zero attached hydrogens (tertiary/aromatic N) is 3. The van der Waals surface area contributed by atoms with E-state index in [1.807, 2.05) is 0 Å². The second kappa shape index (κ2) is 3.80. The molecule has 0 N–H and O–H groups in total. The molecule has 0 heterocycles. The first-order valence-corrected chi connectivity index (χ1v) is 2.90. The van der Waals surface area contributed by atoms with Crippen LogP contribution in [-0.2, 0) is 9.78 Å². The smallest absolute Gasteiger partial charge is 0.290 e. The van der Waals surface area contributed by atoms with Crippen LogP contribution in [0.15, 0.2) is 5.11 Å². The molecule has 11 heavy (non-hydrogen) atoms. The largest absolute Gasteiger partial charge is 0.430 e. The Morgan fingerprint density at radius 1 is 1.55 bits per heavy atom. The lowest BCUT2D eigenvalue weighted by Crippen LogP contribution is -2.20. The molecular weight excluding hydrogens is 150 g/mol. The van der Waals surface area contributed by atoms with Crippen LogP contribution >= 0.6 is 0 Å². The summed E-state index contributed by atoms with van der Waals surface area (Å²) in [6, 6.07) is 0. The van der Waals surface area contributed by atoms with Crippen molar-refractivity contribution in [3.05, 3.63) is 10.4 Å². The number of hydrogen-bond donors (Lipinski definition) is 0. The number of azide groups is 1. The third kappa shape index (κ3) is 6.63. The van der Waals surface area contributed by atoms with Crippen LogP contribution in [0, 0.1) is 0 Å². The summed E-state index contributed by atoms with van der Waals surface area (Å²) in [4.78, 5) is 21.1. The molecule has 0 aliphatic rings. The van der Waals surface area contributed by atoms with E-state index >= 15 is 0 Å². The molecule has 0 aromatic heterocycles. The van der Waals surface area contributed by atoms with Crippen LogP contribution in [0.5, 0.6) is 0 Å². The van der Waals surface area contributed by atoms with Crippen LogP contribution in [0.25, 0.3) is 10.4 Å². The fraction of sp³-hybridized carbons (Fsp3) is 0.800. The molecule has 0 aromatic rings. The maximum absolute atomic E-state index is 10.3. The SMILES string of the molecule is CC(C)(C)OOC(=O)N=[N+]=[N-]. The Kier molecular flexibility index (Phi) is 3.36. The van der Waals surface area contributed by atoms with Gasteiger partial charge in [0.1, 0.15) is 5.60 Å². The average Bonchev–Trinajstić information content (AvgIpc) is 1.83. The van der Waals surface area contributed by atoms with Crippen molar-refractivity contribution in [3.63, 3.8) is 0 Å². The fourth-order valence-corrected chi connectivity index (χ4v) is 0.214. The van der Waals surface area contributed by atoms with Gasteiger partial charge in [-0.1, -0.05) is 0 Å². The van der Waals surface area contributed by atoms with Gasteiger partial charge in [-0.3, -0.25) is 4.89 Å². The Morgan fingerprint density at radius 3 is 2.45 bits per heavy atom. The molecule has 0 aromatic carbocycles. The first-order valence-electron chi connectivity index (χ1n) is 2.90. The molecule has 0 rings (SSSR count). The van der Waals surface area contributed by atoms with Crippen LogP contribution in [-0.4, -0.2) is 11.7 Å². The van der Waals surface area contributed by atoms with Crippen molar-refractivity contribution >= 4 is 6.09 Å². The highest BCUT2D eigenvalue weighted by Gasteiger charge is 2.13. The molecule has 0 aliphatic carbocycles. The predicted octanol–water partition coefficient (Wildman–Crippen LogP) is 2.16. The molecule has 1 amide bonds. The lowest BCUT2D eigenvalue weighted by Gasteiger charge is -2.15. The van der Waals surface area contributed by atoms with Gasteiger partial charge in [0, 0.05) is 10.0 Å². The topological polar surface area (TPSA) is 84.3 Å².